The molecule has 1 aromatic rings. The summed E-state index contributed by atoms with van der Waals surface area (Å²) in [5, 5.41) is 12.4. The van der Waals surface area contributed by atoms with E-state index >= 15 is 0 Å². The smallest absolute Gasteiger partial charge is 0.182 e. The summed E-state index contributed by atoms with van der Waals surface area (Å²) in [7, 11) is 0. The van der Waals surface area contributed by atoms with Crippen molar-refractivity contribution in [3.05, 3.63) is 18.1 Å². The Morgan fingerprint density at radius 3 is 2.83 bits per heavy atom. The van der Waals surface area contributed by atoms with Crippen LogP contribution in [0.4, 0.5) is 5.82 Å². The number of rotatable bonds is 2. The highest BCUT2D eigenvalue weighted by molar-refractivity contribution is 5.47. The Labute approximate surface area is 107 Å². The van der Waals surface area contributed by atoms with Gasteiger partial charge in [0.05, 0.1) is 0 Å². The molecule has 1 heterocycles. The van der Waals surface area contributed by atoms with Gasteiger partial charge in [-0.1, -0.05) is 19.3 Å². The van der Waals surface area contributed by atoms with Gasteiger partial charge in [0.2, 0.25) is 0 Å². The highest BCUT2D eigenvalue weighted by Gasteiger charge is 2.33. The highest BCUT2D eigenvalue weighted by Crippen LogP contribution is 2.42. The van der Waals surface area contributed by atoms with Gasteiger partial charge in [-0.05, 0) is 31.1 Å². The Morgan fingerprint density at radius 1 is 1.11 bits per heavy atom. The Morgan fingerprint density at radius 2 is 1.94 bits per heavy atom. The number of aromatic nitrogens is 2. The molecular formula is C14H18N4. The number of anilines is 1. The maximum Gasteiger partial charge on any atom is 0.182 e. The molecule has 0 bridgehead atoms. The third-order valence-corrected chi connectivity index (χ3v) is 4.43. The molecule has 3 unspecified atom stereocenters. The molecule has 3 rings (SSSR count). The minimum Gasteiger partial charge on any atom is -0.365 e. The average molecular weight is 242 g/mol. The second-order valence-corrected chi connectivity index (χ2v) is 5.47. The highest BCUT2D eigenvalue weighted by atomic mass is 15.0. The molecule has 0 saturated heterocycles. The van der Waals surface area contributed by atoms with E-state index in [0.717, 1.165) is 11.8 Å². The fraction of sp³-hybridized carbons (Fsp3) is 0.643. The van der Waals surface area contributed by atoms with Crippen molar-refractivity contribution < 1.29 is 0 Å². The standard InChI is InChI=1S/C14H18N4/c15-9-13-14(17-7-6-16-13)18-12-5-4-10-2-1-3-11(10)8-12/h6-7,10-12H,1-5,8H2,(H,17,18). The Hall–Kier alpha value is -1.63. The second-order valence-electron chi connectivity index (χ2n) is 5.47. The number of nitrogens with one attached hydrogen (secondary N) is 1. The van der Waals surface area contributed by atoms with Crippen LogP contribution in [0.1, 0.15) is 44.2 Å². The molecule has 1 aromatic heterocycles. The first-order chi connectivity index (χ1) is 8.86. The van der Waals surface area contributed by atoms with Crippen molar-refractivity contribution in [2.24, 2.45) is 11.8 Å². The number of nitrogens with zero attached hydrogens (tertiary/aromatic N) is 3. The van der Waals surface area contributed by atoms with Gasteiger partial charge in [-0.3, -0.25) is 0 Å². The first-order valence-electron chi connectivity index (χ1n) is 6.84. The molecule has 2 aliphatic rings. The summed E-state index contributed by atoms with van der Waals surface area (Å²) in [4.78, 5) is 8.28. The van der Waals surface area contributed by atoms with E-state index in [1.807, 2.05) is 0 Å². The summed E-state index contributed by atoms with van der Waals surface area (Å²) in [6, 6.07) is 2.56. The maximum absolute atomic E-state index is 9.01. The molecule has 94 valence electrons. The zero-order valence-corrected chi connectivity index (χ0v) is 10.5. The molecule has 0 spiro atoms. The van der Waals surface area contributed by atoms with Crippen molar-refractivity contribution >= 4 is 5.82 Å². The quantitative estimate of drug-likeness (QED) is 0.866. The van der Waals surface area contributed by atoms with Crippen LogP contribution >= 0.6 is 0 Å². The summed E-state index contributed by atoms with van der Waals surface area (Å²) in [5.41, 5.74) is 0.408. The van der Waals surface area contributed by atoms with Gasteiger partial charge in [-0.15, -0.1) is 0 Å². The van der Waals surface area contributed by atoms with Crippen LogP contribution in [0.5, 0.6) is 0 Å². The Bertz CT molecular complexity index is 465. The first-order valence-corrected chi connectivity index (χ1v) is 6.84. The second kappa shape index (κ2) is 4.93. The van der Waals surface area contributed by atoms with Gasteiger partial charge in [0.15, 0.2) is 11.5 Å². The van der Waals surface area contributed by atoms with Crippen LogP contribution in [0.3, 0.4) is 0 Å². The largest absolute Gasteiger partial charge is 0.365 e. The molecule has 0 radical (unpaired) electrons. The van der Waals surface area contributed by atoms with Gasteiger partial charge < -0.3 is 5.32 Å². The van der Waals surface area contributed by atoms with Crippen LogP contribution in [0.25, 0.3) is 0 Å². The third kappa shape index (κ3) is 2.17. The van der Waals surface area contributed by atoms with E-state index in [9.17, 15) is 0 Å². The number of nitriles is 1. The predicted molar refractivity (Wildman–Crippen MR) is 68.8 cm³/mol. The summed E-state index contributed by atoms with van der Waals surface area (Å²) in [6.07, 6.45) is 11.2. The van der Waals surface area contributed by atoms with E-state index < -0.39 is 0 Å². The number of hydrogen-bond donors (Lipinski definition) is 1. The summed E-state index contributed by atoms with van der Waals surface area (Å²) in [5.74, 6) is 2.50. The third-order valence-electron chi connectivity index (χ3n) is 4.43. The Balaban J connectivity index is 1.68. The van der Waals surface area contributed by atoms with E-state index in [1.165, 1.54) is 38.5 Å². The van der Waals surface area contributed by atoms with Crippen LogP contribution < -0.4 is 5.32 Å². The lowest BCUT2D eigenvalue weighted by molar-refractivity contribution is 0.260. The summed E-state index contributed by atoms with van der Waals surface area (Å²) in [6.45, 7) is 0. The van der Waals surface area contributed by atoms with E-state index in [-0.39, 0.29) is 0 Å². The molecule has 0 aliphatic heterocycles. The van der Waals surface area contributed by atoms with Gasteiger partial charge in [0, 0.05) is 18.4 Å². The predicted octanol–water partition coefficient (Wildman–Crippen LogP) is 2.73. The van der Waals surface area contributed by atoms with Crippen LogP contribution in [-0.4, -0.2) is 16.0 Å². The number of fused-ring (bicyclic) bond motifs is 1. The van der Waals surface area contributed by atoms with Gasteiger partial charge >= 0.3 is 0 Å². The Kier molecular flexibility index (Phi) is 3.14. The topological polar surface area (TPSA) is 61.6 Å². The molecule has 0 aromatic carbocycles. The lowest BCUT2D eigenvalue weighted by atomic mass is 9.79. The molecule has 18 heavy (non-hydrogen) atoms. The SMILES string of the molecule is N#Cc1nccnc1NC1CCC2CCCC2C1. The van der Waals surface area contributed by atoms with E-state index in [0.29, 0.717) is 17.6 Å². The van der Waals surface area contributed by atoms with Crippen LogP contribution in [-0.2, 0) is 0 Å². The lowest BCUT2D eigenvalue weighted by Crippen LogP contribution is -2.31. The van der Waals surface area contributed by atoms with Crippen molar-refractivity contribution in [2.75, 3.05) is 5.32 Å². The number of hydrogen-bond acceptors (Lipinski definition) is 4. The first kappa shape index (κ1) is 11.5. The molecule has 3 atom stereocenters. The van der Waals surface area contributed by atoms with Crippen LogP contribution in [0, 0.1) is 23.2 Å². The van der Waals surface area contributed by atoms with Crippen molar-refractivity contribution in [3.8, 4) is 6.07 Å². The molecule has 2 aliphatic carbocycles. The average Bonchev–Trinajstić information content (AvgIpc) is 2.87. The van der Waals surface area contributed by atoms with E-state index in [4.69, 9.17) is 5.26 Å². The lowest BCUT2D eigenvalue weighted by Gasteiger charge is -2.32. The zero-order chi connectivity index (χ0) is 12.4. The summed E-state index contributed by atoms with van der Waals surface area (Å²) >= 11 is 0. The van der Waals surface area contributed by atoms with E-state index in [2.05, 4.69) is 21.4 Å². The molecule has 2 fully saturated rings. The maximum atomic E-state index is 9.01. The van der Waals surface area contributed by atoms with Gasteiger partial charge in [0.1, 0.15) is 6.07 Å². The van der Waals surface area contributed by atoms with Crippen molar-refractivity contribution in [1.82, 2.24) is 9.97 Å². The zero-order valence-electron chi connectivity index (χ0n) is 10.5. The van der Waals surface area contributed by atoms with Crippen molar-refractivity contribution in [1.29, 1.82) is 5.26 Å². The molecule has 2 saturated carbocycles. The van der Waals surface area contributed by atoms with Gasteiger partial charge in [0.25, 0.3) is 0 Å². The van der Waals surface area contributed by atoms with Crippen molar-refractivity contribution in [3.63, 3.8) is 0 Å². The van der Waals surface area contributed by atoms with Crippen LogP contribution in [0.15, 0.2) is 12.4 Å². The minimum absolute atomic E-state index is 0.408. The molecule has 1 N–H and O–H groups in total. The molecule has 0 amide bonds. The monoisotopic (exact) mass is 242 g/mol. The fourth-order valence-corrected chi connectivity index (χ4v) is 3.55. The molecule has 4 heteroatoms. The van der Waals surface area contributed by atoms with E-state index in [1.54, 1.807) is 12.4 Å². The normalized spacial score (nSPS) is 30.5. The molecule has 4 nitrogen and oxygen atoms in total. The van der Waals surface area contributed by atoms with Gasteiger partial charge in [-0.25, -0.2) is 9.97 Å². The molecular weight excluding hydrogens is 224 g/mol. The van der Waals surface area contributed by atoms with Crippen LogP contribution in [0.2, 0.25) is 0 Å². The fourth-order valence-electron chi connectivity index (χ4n) is 3.55. The van der Waals surface area contributed by atoms with Gasteiger partial charge in [-0.2, -0.15) is 5.26 Å². The van der Waals surface area contributed by atoms with Crippen molar-refractivity contribution in [2.45, 2.75) is 44.6 Å². The minimum atomic E-state index is 0.408. The summed E-state index contributed by atoms with van der Waals surface area (Å²) < 4.78 is 0.